The Balaban J connectivity index is 1.96. The minimum Gasteiger partial charge on any atom is -0.382 e. The second-order valence-electron chi connectivity index (χ2n) is 5.05. The Morgan fingerprint density at radius 1 is 1.29 bits per heavy atom. The van der Waals surface area contributed by atoms with E-state index < -0.39 is 0 Å². The van der Waals surface area contributed by atoms with Gasteiger partial charge in [0.05, 0.1) is 0 Å². The number of hydrogen-bond donors (Lipinski definition) is 2. The van der Waals surface area contributed by atoms with Gasteiger partial charge in [-0.25, -0.2) is 0 Å². The number of nitrogens with one attached hydrogen (secondary N) is 1. The van der Waals surface area contributed by atoms with E-state index in [0.717, 1.165) is 11.6 Å². The Labute approximate surface area is 102 Å². The molecule has 0 heterocycles. The first-order chi connectivity index (χ1) is 8.15. The van der Waals surface area contributed by atoms with Gasteiger partial charge in [-0.05, 0) is 43.0 Å². The molecule has 1 fully saturated rings. The average molecular weight is 232 g/mol. The maximum atomic E-state index is 10.9. The fourth-order valence-corrected chi connectivity index (χ4v) is 2.53. The number of hydrogen-bond acceptors (Lipinski definition) is 2. The lowest BCUT2D eigenvalue weighted by Gasteiger charge is -2.28. The van der Waals surface area contributed by atoms with E-state index in [2.05, 4.69) is 12.2 Å². The van der Waals surface area contributed by atoms with Crippen molar-refractivity contribution in [3.63, 3.8) is 0 Å². The summed E-state index contributed by atoms with van der Waals surface area (Å²) in [5.74, 6) is 0.439. The normalized spacial score (nSPS) is 24.3. The van der Waals surface area contributed by atoms with Crippen molar-refractivity contribution in [3.05, 3.63) is 29.8 Å². The SMILES string of the molecule is CC1CCCC(Nc2ccc(C(N)=O)cc2)C1. The zero-order chi connectivity index (χ0) is 12.3. The van der Waals surface area contributed by atoms with Gasteiger partial charge < -0.3 is 11.1 Å². The van der Waals surface area contributed by atoms with Crippen LogP contribution in [0.5, 0.6) is 0 Å². The second kappa shape index (κ2) is 5.21. The topological polar surface area (TPSA) is 55.1 Å². The molecule has 92 valence electrons. The smallest absolute Gasteiger partial charge is 0.248 e. The van der Waals surface area contributed by atoms with Crippen molar-refractivity contribution in [2.75, 3.05) is 5.32 Å². The summed E-state index contributed by atoms with van der Waals surface area (Å²) in [6, 6.07) is 7.98. The van der Waals surface area contributed by atoms with Crippen molar-refractivity contribution in [2.45, 2.75) is 38.6 Å². The van der Waals surface area contributed by atoms with Gasteiger partial charge in [-0.3, -0.25) is 4.79 Å². The van der Waals surface area contributed by atoms with Crippen LogP contribution in [-0.2, 0) is 0 Å². The zero-order valence-electron chi connectivity index (χ0n) is 10.3. The maximum Gasteiger partial charge on any atom is 0.248 e. The number of carbonyl (C=O) groups is 1. The van der Waals surface area contributed by atoms with E-state index in [-0.39, 0.29) is 5.91 Å². The van der Waals surface area contributed by atoms with Gasteiger partial charge >= 0.3 is 0 Å². The molecule has 1 aliphatic rings. The number of anilines is 1. The standard InChI is InChI=1S/C14H20N2O/c1-10-3-2-4-13(9-10)16-12-7-5-11(6-8-12)14(15)17/h5-8,10,13,16H,2-4,9H2,1H3,(H2,15,17). The summed E-state index contributed by atoms with van der Waals surface area (Å²) in [5.41, 5.74) is 6.85. The first-order valence-corrected chi connectivity index (χ1v) is 6.31. The predicted octanol–water partition coefficient (Wildman–Crippen LogP) is 2.78. The number of nitrogens with two attached hydrogens (primary N) is 1. The molecule has 2 atom stereocenters. The molecule has 1 aromatic rings. The largest absolute Gasteiger partial charge is 0.382 e. The van der Waals surface area contributed by atoms with Crippen LogP contribution in [0.3, 0.4) is 0 Å². The Hall–Kier alpha value is -1.51. The summed E-state index contributed by atoms with van der Waals surface area (Å²) < 4.78 is 0. The third-order valence-electron chi connectivity index (χ3n) is 3.48. The maximum absolute atomic E-state index is 10.9. The van der Waals surface area contributed by atoms with E-state index >= 15 is 0 Å². The molecule has 1 amide bonds. The van der Waals surface area contributed by atoms with Crippen LogP contribution in [0, 0.1) is 5.92 Å². The summed E-state index contributed by atoms with van der Waals surface area (Å²) in [7, 11) is 0. The van der Waals surface area contributed by atoms with Gasteiger partial charge in [0.2, 0.25) is 5.91 Å². The fourth-order valence-electron chi connectivity index (χ4n) is 2.53. The van der Waals surface area contributed by atoms with E-state index in [9.17, 15) is 4.79 Å². The molecule has 1 aromatic carbocycles. The molecule has 0 spiro atoms. The van der Waals surface area contributed by atoms with Crippen molar-refractivity contribution < 1.29 is 4.79 Å². The van der Waals surface area contributed by atoms with Crippen LogP contribution in [0.15, 0.2) is 24.3 Å². The van der Waals surface area contributed by atoms with Crippen molar-refractivity contribution in [1.82, 2.24) is 0 Å². The first-order valence-electron chi connectivity index (χ1n) is 6.31. The Kier molecular flexibility index (Phi) is 3.67. The highest BCUT2D eigenvalue weighted by Gasteiger charge is 2.18. The summed E-state index contributed by atoms with van der Waals surface area (Å²) in [6.45, 7) is 2.31. The van der Waals surface area contributed by atoms with E-state index in [1.807, 2.05) is 12.1 Å². The van der Waals surface area contributed by atoms with Crippen LogP contribution in [-0.4, -0.2) is 11.9 Å². The second-order valence-corrected chi connectivity index (χ2v) is 5.05. The van der Waals surface area contributed by atoms with Crippen LogP contribution in [0.1, 0.15) is 43.0 Å². The molecule has 0 aliphatic heterocycles. The molecule has 1 aliphatic carbocycles. The van der Waals surface area contributed by atoms with Crippen molar-refractivity contribution in [3.8, 4) is 0 Å². The van der Waals surface area contributed by atoms with Gasteiger partial charge in [-0.15, -0.1) is 0 Å². The number of rotatable bonds is 3. The van der Waals surface area contributed by atoms with Crippen LogP contribution in [0.2, 0.25) is 0 Å². The molecule has 2 unspecified atom stereocenters. The van der Waals surface area contributed by atoms with Gasteiger partial charge in [-0.2, -0.15) is 0 Å². The predicted molar refractivity (Wildman–Crippen MR) is 70.0 cm³/mol. The highest BCUT2D eigenvalue weighted by atomic mass is 16.1. The summed E-state index contributed by atoms with van der Waals surface area (Å²) in [5, 5.41) is 3.53. The third kappa shape index (κ3) is 3.22. The van der Waals surface area contributed by atoms with Gasteiger partial charge in [0.1, 0.15) is 0 Å². The molecular formula is C14H20N2O. The highest BCUT2D eigenvalue weighted by Crippen LogP contribution is 2.26. The van der Waals surface area contributed by atoms with Gasteiger partial charge in [0, 0.05) is 17.3 Å². The highest BCUT2D eigenvalue weighted by molar-refractivity contribution is 5.93. The van der Waals surface area contributed by atoms with Crippen molar-refractivity contribution in [2.24, 2.45) is 11.7 Å². The Morgan fingerprint density at radius 3 is 2.59 bits per heavy atom. The van der Waals surface area contributed by atoms with E-state index in [1.165, 1.54) is 25.7 Å². The fraction of sp³-hybridized carbons (Fsp3) is 0.500. The molecule has 0 bridgehead atoms. The molecule has 17 heavy (non-hydrogen) atoms. The van der Waals surface area contributed by atoms with Crippen LogP contribution >= 0.6 is 0 Å². The van der Waals surface area contributed by atoms with E-state index in [1.54, 1.807) is 12.1 Å². The van der Waals surface area contributed by atoms with Gasteiger partial charge in [0.25, 0.3) is 0 Å². The van der Waals surface area contributed by atoms with Gasteiger partial charge in [0.15, 0.2) is 0 Å². The quantitative estimate of drug-likeness (QED) is 0.842. The lowest BCUT2D eigenvalue weighted by Crippen LogP contribution is -2.26. The molecule has 3 N–H and O–H groups in total. The monoisotopic (exact) mass is 232 g/mol. The van der Waals surface area contributed by atoms with Crippen LogP contribution < -0.4 is 11.1 Å². The molecule has 3 heteroatoms. The summed E-state index contributed by atoms with van der Waals surface area (Å²) in [4.78, 5) is 10.9. The minimum absolute atomic E-state index is 0.372. The van der Waals surface area contributed by atoms with E-state index in [4.69, 9.17) is 5.73 Å². The molecule has 0 saturated heterocycles. The summed E-state index contributed by atoms with van der Waals surface area (Å²) in [6.07, 6.45) is 5.12. The summed E-state index contributed by atoms with van der Waals surface area (Å²) >= 11 is 0. The number of primary amides is 1. The van der Waals surface area contributed by atoms with Crippen LogP contribution in [0.4, 0.5) is 5.69 Å². The minimum atomic E-state index is -0.372. The average Bonchev–Trinajstić information content (AvgIpc) is 2.29. The molecule has 1 saturated carbocycles. The lowest BCUT2D eigenvalue weighted by atomic mass is 9.87. The number of benzene rings is 1. The molecule has 0 aromatic heterocycles. The van der Waals surface area contributed by atoms with Gasteiger partial charge in [-0.1, -0.05) is 19.8 Å². The Morgan fingerprint density at radius 2 is 2.00 bits per heavy atom. The molecule has 3 nitrogen and oxygen atoms in total. The van der Waals surface area contributed by atoms with Crippen molar-refractivity contribution >= 4 is 11.6 Å². The lowest BCUT2D eigenvalue weighted by molar-refractivity contribution is 0.100. The zero-order valence-corrected chi connectivity index (χ0v) is 10.3. The molecular weight excluding hydrogens is 212 g/mol. The molecule has 0 radical (unpaired) electrons. The Bertz CT molecular complexity index is 386. The molecule has 2 rings (SSSR count). The number of carbonyl (C=O) groups excluding carboxylic acids is 1. The van der Waals surface area contributed by atoms with Crippen LogP contribution in [0.25, 0.3) is 0 Å². The van der Waals surface area contributed by atoms with E-state index in [0.29, 0.717) is 11.6 Å². The third-order valence-corrected chi connectivity index (χ3v) is 3.48. The number of amides is 1. The first kappa shape index (κ1) is 12.0. The van der Waals surface area contributed by atoms with Crippen molar-refractivity contribution in [1.29, 1.82) is 0 Å².